The van der Waals surface area contributed by atoms with Gasteiger partial charge < -0.3 is 10.2 Å². The maximum absolute atomic E-state index is 12.2. The summed E-state index contributed by atoms with van der Waals surface area (Å²) in [5, 5.41) is 12.3. The Bertz CT molecular complexity index is 491. The van der Waals surface area contributed by atoms with Crippen molar-refractivity contribution in [1.82, 2.24) is 15.5 Å². The first-order valence-corrected chi connectivity index (χ1v) is 8.46. The molecule has 0 aromatic carbocycles. The fourth-order valence-corrected chi connectivity index (χ4v) is 4.19. The largest absolute Gasteiger partial charge is 0.353 e. The Balaban J connectivity index is 1.32. The van der Waals surface area contributed by atoms with Gasteiger partial charge in [0.05, 0.1) is 0 Å². The third kappa shape index (κ3) is 2.10. The molecule has 0 bridgehead atoms. The minimum atomic E-state index is 0.277. The van der Waals surface area contributed by atoms with E-state index in [4.69, 9.17) is 0 Å². The molecular weight excluding hydrogens is 272 g/mol. The molecule has 6 heteroatoms. The summed E-state index contributed by atoms with van der Waals surface area (Å²) in [4.78, 5) is 14.6. The Morgan fingerprint density at radius 3 is 2.80 bits per heavy atom. The average molecular weight is 292 g/mol. The minimum absolute atomic E-state index is 0.277. The fraction of sp³-hybridized carbons (Fsp3) is 0.786. The van der Waals surface area contributed by atoms with Crippen LogP contribution in [0.1, 0.15) is 38.5 Å². The fourth-order valence-electron chi connectivity index (χ4n) is 3.57. The highest BCUT2D eigenvalue weighted by molar-refractivity contribution is 7.13. The number of anilines is 1. The normalized spacial score (nSPS) is 28.2. The molecule has 4 rings (SSSR count). The van der Waals surface area contributed by atoms with Gasteiger partial charge in [-0.05, 0) is 43.9 Å². The van der Waals surface area contributed by atoms with E-state index in [-0.39, 0.29) is 5.92 Å². The second kappa shape index (κ2) is 4.69. The second-order valence-corrected chi connectivity index (χ2v) is 7.28. The number of carbonyl (C=O) groups excluding carboxylic acids is 1. The highest BCUT2D eigenvalue weighted by atomic mass is 32.1. The highest BCUT2D eigenvalue weighted by Gasteiger charge is 2.58. The lowest BCUT2D eigenvalue weighted by molar-refractivity contribution is -0.124. The summed E-state index contributed by atoms with van der Waals surface area (Å²) in [7, 11) is 0. The number of amides is 1. The number of piperidine rings is 1. The molecule has 1 spiro atoms. The molecule has 2 aliphatic carbocycles. The zero-order chi connectivity index (χ0) is 13.6. The van der Waals surface area contributed by atoms with Gasteiger partial charge >= 0.3 is 0 Å². The van der Waals surface area contributed by atoms with E-state index in [0.29, 0.717) is 17.4 Å². The van der Waals surface area contributed by atoms with Crippen LogP contribution in [0.2, 0.25) is 0 Å². The molecule has 1 aromatic heterocycles. The first-order chi connectivity index (χ1) is 9.77. The molecule has 20 heavy (non-hydrogen) atoms. The maximum atomic E-state index is 12.2. The van der Waals surface area contributed by atoms with Crippen molar-refractivity contribution in [2.75, 3.05) is 18.0 Å². The van der Waals surface area contributed by atoms with Gasteiger partial charge in [-0.2, -0.15) is 0 Å². The molecule has 1 amide bonds. The maximum Gasteiger partial charge on any atom is 0.223 e. The van der Waals surface area contributed by atoms with Crippen LogP contribution in [0.25, 0.3) is 0 Å². The number of nitrogens with zero attached hydrogens (tertiary/aromatic N) is 3. The van der Waals surface area contributed by atoms with Crippen LogP contribution in [0.4, 0.5) is 5.13 Å². The molecule has 1 saturated heterocycles. The molecule has 0 unspecified atom stereocenters. The average Bonchev–Trinajstić information content (AvgIpc) is 2.87. The Kier molecular flexibility index (Phi) is 2.94. The summed E-state index contributed by atoms with van der Waals surface area (Å²) in [6.07, 6.45) is 6.96. The zero-order valence-corrected chi connectivity index (χ0v) is 12.4. The summed E-state index contributed by atoms with van der Waals surface area (Å²) >= 11 is 1.60. The van der Waals surface area contributed by atoms with Crippen LogP contribution in [-0.2, 0) is 4.79 Å². The van der Waals surface area contributed by atoms with Gasteiger partial charge in [0.1, 0.15) is 5.51 Å². The molecule has 1 aromatic rings. The molecular formula is C14H20N4OS. The lowest BCUT2D eigenvalue weighted by Gasteiger charge is -2.32. The third-order valence-electron chi connectivity index (χ3n) is 5.34. The smallest absolute Gasteiger partial charge is 0.223 e. The quantitative estimate of drug-likeness (QED) is 0.923. The van der Waals surface area contributed by atoms with Crippen LogP contribution in [-0.4, -0.2) is 35.2 Å². The Morgan fingerprint density at radius 1 is 1.40 bits per heavy atom. The van der Waals surface area contributed by atoms with Crippen LogP contribution in [0.15, 0.2) is 5.51 Å². The van der Waals surface area contributed by atoms with Crippen molar-refractivity contribution >= 4 is 22.4 Å². The Labute approximate surface area is 122 Å². The van der Waals surface area contributed by atoms with E-state index in [9.17, 15) is 4.79 Å². The topological polar surface area (TPSA) is 58.1 Å². The second-order valence-electron chi connectivity index (χ2n) is 6.46. The lowest BCUT2D eigenvalue weighted by Crippen LogP contribution is -2.42. The van der Waals surface area contributed by atoms with Crippen LogP contribution < -0.4 is 10.2 Å². The molecule has 2 heterocycles. The Hall–Kier alpha value is -1.17. The van der Waals surface area contributed by atoms with E-state index >= 15 is 0 Å². The molecule has 2 saturated carbocycles. The summed E-state index contributed by atoms with van der Waals surface area (Å²) in [5.74, 6) is 0.596. The van der Waals surface area contributed by atoms with Crippen molar-refractivity contribution < 1.29 is 4.79 Å². The predicted molar refractivity (Wildman–Crippen MR) is 77.7 cm³/mol. The summed E-state index contributed by atoms with van der Waals surface area (Å²) in [6.45, 7) is 2.03. The number of rotatable bonds is 3. The first-order valence-electron chi connectivity index (χ1n) is 7.58. The van der Waals surface area contributed by atoms with Gasteiger partial charge in [-0.3, -0.25) is 4.79 Å². The molecule has 1 aliphatic heterocycles. The summed E-state index contributed by atoms with van der Waals surface area (Å²) in [6, 6.07) is 0.474. The van der Waals surface area contributed by atoms with Crippen molar-refractivity contribution in [1.29, 1.82) is 0 Å². The van der Waals surface area contributed by atoms with Gasteiger partial charge in [-0.15, -0.1) is 10.2 Å². The van der Waals surface area contributed by atoms with Gasteiger partial charge in [0.15, 0.2) is 0 Å². The van der Waals surface area contributed by atoms with Gasteiger partial charge in [-0.1, -0.05) is 11.3 Å². The molecule has 3 fully saturated rings. The SMILES string of the molecule is O=C(NC1CCC1)[C@@H]1CC12CCN(c1nncs1)CC2. The molecule has 3 aliphatic rings. The van der Waals surface area contributed by atoms with Gasteiger partial charge in [0, 0.05) is 25.0 Å². The zero-order valence-electron chi connectivity index (χ0n) is 11.5. The van der Waals surface area contributed by atoms with Crippen LogP contribution >= 0.6 is 11.3 Å². The predicted octanol–water partition coefficient (Wildman–Crippen LogP) is 1.81. The van der Waals surface area contributed by atoms with Gasteiger partial charge in [0.2, 0.25) is 11.0 Å². The molecule has 1 N–H and O–H groups in total. The standard InChI is InChI=1S/C14H20N4OS/c19-12(16-10-2-1-3-10)11-8-14(11)4-6-18(7-5-14)13-17-15-9-20-13/h9-11H,1-8H2,(H,16,19)/t11-/m0/s1. The highest BCUT2D eigenvalue weighted by Crippen LogP contribution is 2.59. The number of hydrogen-bond donors (Lipinski definition) is 1. The van der Waals surface area contributed by atoms with Gasteiger partial charge in [0.25, 0.3) is 0 Å². The summed E-state index contributed by atoms with van der Waals surface area (Å²) < 4.78 is 0. The van der Waals surface area contributed by atoms with Crippen molar-refractivity contribution in [3.05, 3.63) is 5.51 Å². The minimum Gasteiger partial charge on any atom is -0.353 e. The molecule has 108 valence electrons. The summed E-state index contributed by atoms with van der Waals surface area (Å²) in [5.41, 5.74) is 2.08. The van der Waals surface area contributed by atoms with Crippen molar-refractivity contribution in [3.63, 3.8) is 0 Å². The van der Waals surface area contributed by atoms with E-state index in [2.05, 4.69) is 20.4 Å². The van der Waals surface area contributed by atoms with Crippen molar-refractivity contribution in [3.8, 4) is 0 Å². The van der Waals surface area contributed by atoms with Crippen molar-refractivity contribution in [2.45, 2.75) is 44.6 Å². The molecule has 0 radical (unpaired) electrons. The van der Waals surface area contributed by atoms with Crippen LogP contribution in [0.3, 0.4) is 0 Å². The van der Waals surface area contributed by atoms with Gasteiger partial charge in [-0.25, -0.2) is 0 Å². The Morgan fingerprint density at radius 2 is 2.20 bits per heavy atom. The van der Waals surface area contributed by atoms with E-state index < -0.39 is 0 Å². The number of aromatic nitrogens is 2. The lowest BCUT2D eigenvalue weighted by atomic mass is 9.89. The van der Waals surface area contributed by atoms with Crippen LogP contribution in [0.5, 0.6) is 0 Å². The van der Waals surface area contributed by atoms with E-state index in [0.717, 1.165) is 37.5 Å². The molecule has 1 atom stereocenters. The molecule has 5 nitrogen and oxygen atoms in total. The third-order valence-corrected chi connectivity index (χ3v) is 6.09. The van der Waals surface area contributed by atoms with Crippen LogP contribution in [0, 0.1) is 11.3 Å². The van der Waals surface area contributed by atoms with Crippen molar-refractivity contribution in [2.24, 2.45) is 11.3 Å². The van der Waals surface area contributed by atoms with E-state index in [1.807, 2.05) is 0 Å². The monoisotopic (exact) mass is 292 g/mol. The number of nitrogens with one attached hydrogen (secondary N) is 1. The van der Waals surface area contributed by atoms with E-state index in [1.165, 1.54) is 19.3 Å². The van der Waals surface area contributed by atoms with E-state index in [1.54, 1.807) is 16.8 Å². The first kappa shape index (κ1) is 12.6. The number of carbonyl (C=O) groups is 1. The number of hydrogen-bond acceptors (Lipinski definition) is 5.